The number of aryl methyl sites for hydroxylation is 1. The number of hydrogen-bond donors (Lipinski definition) is 0. The summed E-state index contributed by atoms with van der Waals surface area (Å²) in [6.07, 6.45) is 1.89. The molecule has 1 aromatic heterocycles. The number of halogens is 1. The summed E-state index contributed by atoms with van der Waals surface area (Å²) in [5.74, 6) is -0.570. The summed E-state index contributed by atoms with van der Waals surface area (Å²) in [5.41, 5.74) is 1.80. The second-order valence-corrected chi connectivity index (χ2v) is 4.45. The van der Waals surface area contributed by atoms with Crippen molar-refractivity contribution in [3.05, 3.63) is 58.9 Å². The third-order valence-electron chi connectivity index (χ3n) is 2.67. The van der Waals surface area contributed by atoms with Crippen molar-refractivity contribution in [2.45, 2.75) is 6.92 Å². The molecule has 1 aromatic carbocycles. The zero-order valence-corrected chi connectivity index (χ0v) is 11.4. The van der Waals surface area contributed by atoms with Gasteiger partial charge in [-0.25, -0.2) is 4.79 Å². The molecule has 0 radical (unpaired) electrons. The fourth-order valence-electron chi connectivity index (χ4n) is 1.67. The van der Waals surface area contributed by atoms with Gasteiger partial charge in [0.2, 0.25) is 0 Å². The largest absolute Gasteiger partial charge is 0.367 e. The third-order valence-corrected chi connectivity index (χ3v) is 3.00. The lowest BCUT2D eigenvalue weighted by molar-refractivity contribution is 0.0516. The normalized spacial score (nSPS) is 11.4. The Labute approximate surface area is 116 Å². The van der Waals surface area contributed by atoms with E-state index in [4.69, 9.17) is 16.4 Å². The minimum atomic E-state index is -0.570. The van der Waals surface area contributed by atoms with Gasteiger partial charge < -0.3 is 9.40 Å². The average Bonchev–Trinajstić information content (AvgIpc) is 2.82. The molecule has 0 amide bonds. The maximum atomic E-state index is 11.8. The van der Waals surface area contributed by atoms with E-state index in [9.17, 15) is 4.79 Å². The Morgan fingerprint density at radius 2 is 2.00 bits per heavy atom. The Morgan fingerprint density at radius 1 is 1.26 bits per heavy atom. The van der Waals surface area contributed by atoms with Crippen LogP contribution in [0.25, 0.3) is 0 Å². The van der Waals surface area contributed by atoms with Crippen LogP contribution in [0.4, 0.5) is 0 Å². The summed E-state index contributed by atoms with van der Waals surface area (Å²) in [7, 11) is 1.89. The van der Waals surface area contributed by atoms with Crippen molar-refractivity contribution >= 4 is 23.3 Å². The number of hydrogen-bond acceptors (Lipinski definition) is 3. The van der Waals surface area contributed by atoms with Crippen LogP contribution in [0.5, 0.6) is 0 Å². The van der Waals surface area contributed by atoms with E-state index in [2.05, 4.69) is 5.16 Å². The fourth-order valence-corrected chi connectivity index (χ4v) is 1.88. The number of benzene rings is 1. The van der Waals surface area contributed by atoms with Crippen LogP contribution in [0.1, 0.15) is 23.0 Å². The predicted molar refractivity (Wildman–Crippen MR) is 74.5 cm³/mol. The van der Waals surface area contributed by atoms with Gasteiger partial charge in [0, 0.05) is 13.2 Å². The zero-order chi connectivity index (χ0) is 13.8. The molecule has 0 fully saturated rings. The van der Waals surface area contributed by atoms with Gasteiger partial charge in [0.05, 0.1) is 16.3 Å². The molecule has 2 rings (SSSR count). The molecule has 0 N–H and O–H groups in total. The van der Waals surface area contributed by atoms with E-state index < -0.39 is 5.97 Å². The topological polar surface area (TPSA) is 43.6 Å². The molecule has 0 atom stereocenters. The van der Waals surface area contributed by atoms with E-state index in [1.165, 1.54) is 0 Å². The van der Waals surface area contributed by atoms with Gasteiger partial charge in [0.25, 0.3) is 0 Å². The van der Waals surface area contributed by atoms with Crippen molar-refractivity contribution in [2.75, 3.05) is 0 Å². The van der Waals surface area contributed by atoms with Crippen molar-refractivity contribution in [1.82, 2.24) is 4.57 Å². The van der Waals surface area contributed by atoms with Gasteiger partial charge in [-0.2, -0.15) is 0 Å². The number of carbonyl (C=O) groups excluding carboxylic acids is 1. The maximum Gasteiger partial charge on any atom is 0.367 e. The second kappa shape index (κ2) is 5.71. The molecule has 0 saturated heterocycles. The summed E-state index contributed by atoms with van der Waals surface area (Å²) in [6, 6.07) is 10.5. The first-order valence-electron chi connectivity index (χ1n) is 5.72. The summed E-state index contributed by atoms with van der Waals surface area (Å²) in [6.45, 7) is 1.77. The second-order valence-electron chi connectivity index (χ2n) is 4.04. The highest BCUT2D eigenvalue weighted by atomic mass is 35.5. The molecular weight excluding hydrogens is 264 g/mol. The number of nitrogens with zero attached hydrogens (tertiary/aromatic N) is 2. The number of rotatable bonds is 3. The van der Waals surface area contributed by atoms with E-state index >= 15 is 0 Å². The van der Waals surface area contributed by atoms with Crippen LogP contribution < -0.4 is 0 Å². The van der Waals surface area contributed by atoms with Gasteiger partial charge in [0.1, 0.15) is 5.71 Å². The van der Waals surface area contributed by atoms with Crippen LogP contribution in [0.15, 0.2) is 47.8 Å². The van der Waals surface area contributed by atoms with Crippen molar-refractivity contribution < 1.29 is 9.63 Å². The Balaban J connectivity index is 2.13. The number of oxime groups is 1. The highest BCUT2D eigenvalue weighted by Crippen LogP contribution is 2.16. The van der Waals surface area contributed by atoms with Gasteiger partial charge in [-0.3, -0.25) is 0 Å². The van der Waals surface area contributed by atoms with Crippen molar-refractivity contribution in [1.29, 1.82) is 0 Å². The smallest absolute Gasteiger partial charge is 0.349 e. The third kappa shape index (κ3) is 3.03. The fraction of sp³-hybridized carbons (Fsp3) is 0.143. The van der Waals surface area contributed by atoms with Crippen LogP contribution in [0, 0.1) is 0 Å². The van der Waals surface area contributed by atoms with Gasteiger partial charge in [0.15, 0.2) is 0 Å². The van der Waals surface area contributed by atoms with Crippen LogP contribution in [0.2, 0.25) is 5.02 Å². The molecular formula is C14H13ClN2O2. The van der Waals surface area contributed by atoms with Crippen molar-refractivity contribution in [2.24, 2.45) is 12.2 Å². The summed E-state index contributed by atoms with van der Waals surface area (Å²) in [5, 5.41) is 4.18. The summed E-state index contributed by atoms with van der Waals surface area (Å²) < 4.78 is 1.89. The van der Waals surface area contributed by atoms with Crippen molar-refractivity contribution in [3.8, 4) is 0 Å². The number of carbonyl (C=O) groups is 1. The van der Waals surface area contributed by atoms with E-state index in [0.717, 1.165) is 5.69 Å². The van der Waals surface area contributed by atoms with Crippen LogP contribution in [-0.2, 0) is 11.9 Å². The van der Waals surface area contributed by atoms with Gasteiger partial charge in [-0.1, -0.05) is 28.9 Å². The first-order valence-corrected chi connectivity index (χ1v) is 6.09. The molecule has 0 unspecified atom stereocenters. The van der Waals surface area contributed by atoms with Crippen LogP contribution >= 0.6 is 11.6 Å². The van der Waals surface area contributed by atoms with E-state index in [1.807, 2.05) is 29.9 Å². The molecule has 0 saturated carbocycles. The summed E-state index contributed by atoms with van der Waals surface area (Å²) >= 11 is 5.91. The first-order chi connectivity index (χ1) is 9.09. The quantitative estimate of drug-likeness (QED) is 0.491. The Hall–Kier alpha value is -2.07. The molecule has 0 aliphatic heterocycles. The standard InChI is InChI=1S/C14H13ClN2O2/c1-10(13-8-5-9-17(13)2)16-19-14(18)11-6-3-4-7-12(11)15/h3-9H,1-2H3/b16-10-. The highest BCUT2D eigenvalue weighted by molar-refractivity contribution is 6.33. The monoisotopic (exact) mass is 276 g/mol. The van der Waals surface area contributed by atoms with E-state index in [1.54, 1.807) is 31.2 Å². The van der Waals surface area contributed by atoms with Crippen molar-refractivity contribution in [3.63, 3.8) is 0 Å². The van der Waals surface area contributed by atoms with Crippen LogP contribution in [0.3, 0.4) is 0 Å². The van der Waals surface area contributed by atoms with Gasteiger partial charge >= 0.3 is 5.97 Å². The van der Waals surface area contributed by atoms with Crippen LogP contribution in [-0.4, -0.2) is 16.2 Å². The average molecular weight is 277 g/mol. The molecule has 4 nitrogen and oxygen atoms in total. The van der Waals surface area contributed by atoms with E-state index in [-0.39, 0.29) is 0 Å². The van der Waals surface area contributed by atoms with E-state index in [0.29, 0.717) is 16.3 Å². The minimum Gasteiger partial charge on any atom is -0.349 e. The minimum absolute atomic E-state index is 0.299. The Morgan fingerprint density at radius 3 is 2.63 bits per heavy atom. The SMILES string of the molecule is C/C(=N/OC(=O)c1ccccc1Cl)c1cccn1C. The Bertz CT molecular complexity index is 632. The number of aromatic nitrogens is 1. The first kappa shape index (κ1) is 13.4. The Kier molecular flexibility index (Phi) is 4.02. The molecule has 1 heterocycles. The summed E-state index contributed by atoms with van der Waals surface area (Å²) in [4.78, 5) is 16.7. The highest BCUT2D eigenvalue weighted by Gasteiger charge is 2.11. The van der Waals surface area contributed by atoms with Gasteiger partial charge in [-0.05, 0) is 31.2 Å². The predicted octanol–water partition coefficient (Wildman–Crippen LogP) is 3.26. The molecule has 5 heteroatoms. The lowest BCUT2D eigenvalue weighted by Crippen LogP contribution is -2.07. The molecule has 0 spiro atoms. The molecule has 0 aliphatic rings. The molecule has 0 bridgehead atoms. The molecule has 0 aliphatic carbocycles. The van der Waals surface area contributed by atoms with Gasteiger partial charge in [-0.15, -0.1) is 0 Å². The molecule has 2 aromatic rings. The lowest BCUT2D eigenvalue weighted by atomic mass is 10.2. The molecule has 19 heavy (non-hydrogen) atoms. The molecule has 98 valence electrons. The maximum absolute atomic E-state index is 11.8. The zero-order valence-electron chi connectivity index (χ0n) is 10.6. The lowest BCUT2D eigenvalue weighted by Gasteiger charge is -2.03.